The number of carboxylic acids is 1. The molecule has 216 valence electrons. The highest BCUT2D eigenvalue weighted by molar-refractivity contribution is 5.76. The van der Waals surface area contributed by atoms with Gasteiger partial charge in [0.05, 0.1) is 6.54 Å². The standard InChI is InChI=1S/C28H33F3N4O5/c1-27(2,25(37)38)40-22-14-8-13-20(18-22)10-6-7-16-32-23-24(36)34(19-21-11-4-3-5-12-21)26(39)35(33-23)17-9-15-28(29,30)31/h3-5,8,11-14,18H,6-7,9-10,15-17,19H2,1-2H3,(H,32,33)(H,37,38). The Kier molecular flexibility index (Phi) is 10.1. The van der Waals surface area contributed by atoms with Crippen LogP contribution in [0.5, 0.6) is 5.75 Å². The number of carbonyl (C=O) groups is 1. The van der Waals surface area contributed by atoms with Crippen LogP contribution in [0.3, 0.4) is 0 Å². The van der Waals surface area contributed by atoms with Crippen LogP contribution in [0.25, 0.3) is 0 Å². The number of rotatable bonds is 14. The van der Waals surface area contributed by atoms with E-state index < -0.39 is 35.4 Å². The Hall–Kier alpha value is -4.09. The minimum Gasteiger partial charge on any atom is -0.478 e. The van der Waals surface area contributed by atoms with E-state index in [0.717, 1.165) is 14.8 Å². The molecule has 3 rings (SSSR count). The molecule has 2 aromatic carbocycles. The van der Waals surface area contributed by atoms with E-state index >= 15 is 0 Å². The molecular formula is C28H33F3N4O5. The second-order valence-corrected chi connectivity index (χ2v) is 9.90. The van der Waals surface area contributed by atoms with Crippen LogP contribution in [-0.2, 0) is 24.3 Å². The summed E-state index contributed by atoms with van der Waals surface area (Å²) in [5.41, 5.74) is -1.15. The monoisotopic (exact) mass is 562 g/mol. The fourth-order valence-corrected chi connectivity index (χ4v) is 3.92. The molecule has 0 aliphatic rings. The van der Waals surface area contributed by atoms with Crippen molar-refractivity contribution in [3.05, 3.63) is 86.6 Å². The minimum atomic E-state index is -4.36. The number of aromatic nitrogens is 3. The maximum atomic E-state index is 13.1. The maximum absolute atomic E-state index is 13.1. The van der Waals surface area contributed by atoms with E-state index in [0.29, 0.717) is 37.1 Å². The summed E-state index contributed by atoms with van der Waals surface area (Å²) >= 11 is 0. The van der Waals surface area contributed by atoms with Crippen molar-refractivity contribution in [1.82, 2.24) is 14.3 Å². The summed E-state index contributed by atoms with van der Waals surface area (Å²) in [7, 11) is 0. The first-order chi connectivity index (χ1) is 18.9. The van der Waals surface area contributed by atoms with Crippen LogP contribution in [0, 0.1) is 0 Å². The average Bonchev–Trinajstić information content (AvgIpc) is 2.88. The van der Waals surface area contributed by atoms with Gasteiger partial charge in [0.25, 0.3) is 5.56 Å². The van der Waals surface area contributed by atoms with E-state index in [1.54, 1.807) is 48.5 Å². The van der Waals surface area contributed by atoms with Crippen LogP contribution >= 0.6 is 0 Å². The highest BCUT2D eigenvalue weighted by Crippen LogP contribution is 2.22. The normalized spacial score (nSPS) is 11.8. The smallest absolute Gasteiger partial charge is 0.389 e. The number of halogens is 3. The highest BCUT2D eigenvalue weighted by atomic mass is 19.4. The number of unbranched alkanes of at least 4 members (excludes halogenated alkanes) is 1. The van der Waals surface area contributed by atoms with Gasteiger partial charge in [-0.25, -0.2) is 14.3 Å². The summed E-state index contributed by atoms with van der Waals surface area (Å²) in [5.74, 6) is -0.736. The summed E-state index contributed by atoms with van der Waals surface area (Å²) in [6.07, 6.45) is -3.77. The molecule has 1 heterocycles. The molecule has 0 bridgehead atoms. The Morgan fingerprint density at radius 3 is 2.38 bits per heavy atom. The van der Waals surface area contributed by atoms with Gasteiger partial charge in [0.2, 0.25) is 5.82 Å². The van der Waals surface area contributed by atoms with Gasteiger partial charge in [-0.1, -0.05) is 42.5 Å². The van der Waals surface area contributed by atoms with Crippen molar-refractivity contribution < 1.29 is 27.8 Å². The van der Waals surface area contributed by atoms with Gasteiger partial charge in [-0.05, 0) is 62.8 Å². The quantitative estimate of drug-likeness (QED) is 0.279. The predicted octanol–water partition coefficient (Wildman–Crippen LogP) is 4.47. The van der Waals surface area contributed by atoms with Crippen molar-refractivity contribution >= 4 is 11.8 Å². The summed E-state index contributed by atoms with van der Waals surface area (Å²) in [6.45, 7) is 2.96. The number of hydrogen-bond acceptors (Lipinski definition) is 6. The molecule has 0 saturated carbocycles. The zero-order valence-corrected chi connectivity index (χ0v) is 22.4. The lowest BCUT2D eigenvalue weighted by Gasteiger charge is -2.21. The number of benzene rings is 2. The molecular weight excluding hydrogens is 529 g/mol. The molecule has 3 aromatic rings. The van der Waals surface area contributed by atoms with Crippen molar-refractivity contribution in [2.75, 3.05) is 11.9 Å². The van der Waals surface area contributed by atoms with Crippen LogP contribution in [0.4, 0.5) is 19.0 Å². The van der Waals surface area contributed by atoms with Gasteiger partial charge in [-0.2, -0.15) is 13.2 Å². The largest absolute Gasteiger partial charge is 0.478 e. The van der Waals surface area contributed by atoms with E-state index in [9.17, 15) is 32.7 Å². The molecule has 0 aliphatic heterocycles. The second-order valence-electron chi connectivity index (χ2n) is 9.90. The molecule has 0 fully saturated rings. The van der Waals surface area contributed by atoms with Gasteiger partial charge in [0.15, 0.2) is 5.60 Å². The van der Waals surface area contributed by atoms with Crippen molar-refractivity contribution in [3.8, 4) is 5.75 Å². The van der Waals surface area contributed by atoms with E-state index in [1.165, 1.54) is 13.8 Å². The number of hydrogen-bond donors (Lipinski definition) is 2. The van der Waals surface area contributed by atoms with E-state index in [-0.39, 0.29) is 25.3 Å². The number of alkyl halides is 3. The molecule has 2 N–H and O–H groups in total. The minimum absolute atomic E-state index is 0.0356. The number of nitrogens with one attached hydrogen (secondary N) is 1. The Labute approximate surface area is 229 Å². The highest BCUT2D eigenvalue weighted by Gasteiger charge is 2.29. The first-order valence-corrected chi connectivity index (χ1v) is 12.9. The molecule has 0 radical (unpaired) electrons. The van der Waals surface area contributed by atoms with Gasteiger partial charge < -0.3 is 15.2 Å². The number of aryl methyl sites for hydroxylation is 2. The third-order valence-corrected chi connectivity index (χ3v) is 6.10. The Balaban J connectivity index is 1.66. The fourth-order valence-electron chi connectivity index (χ4n) is 3.92. The molecule has 1 aromatic heterocycles. The Morgan fingerprint density at radius 2 is 1.70 bits per heavy atom. The zero-order chi connectivity index (χ0) is 29.3. The number of nitrogens with zero attached hydrogens (tertiary/aromatic N) is 3. The van der Waals surface area contributed by atoms with Gasteiger partial charge in [-0.3, -0.25) is 9.36 Å². The van der Waals surface area contributed by atoms with Crippen molar-refractivity contribution in [2.45, 2.75) is 70.8 Å². The van der Waals surface area contributed by atoms with Crippen LogP contribution in [0.1, 0.15) is 50.7 Å². The predicted molar refractivity (Wildman–Crippen MR) is 144 cm³/mol. The van der Waals surface area contributed by atoms with Crippen LogP contribution < -0.4 is 21.3 Å². The van der Waals surface area contributed by atoms with E-state index in [1.807, 2.05) is 6.07 Å². The number of anilines is 1. The molecule has 0 saturated heterocycles. The Bertz CT molecular complexity index is 1400. The van der Waals surface area contributed by atoms with E-state index in [4.69, 9.17) is 4.74 Å². The van der Waals surface area contributed by atoms with Gasteiger partial charge in [0.1, 0.15) is 5.75 Å². The maximum Gasteiger partial charge on any atom is 0.389 e. The van der Waals surface area contributed by atoms with Crippen LogP contribution in [0.2, 0.25) is 0 Å². The number of ether oxygens (including phenoxy) is 1. The topological polar surface area (TPSA) is 115 Å². The number of aliphatic carboxylic acids is 1. The first-order valence-electron chi connectivity index (χ1n) is 12.9. The number of carboxylic acid groups (broad SMARTS) is 1. The lowest BCUT2D eigenvalue weighted by molar-refractivity contribution is -0.152. The molecule has 9 nitrogen and oxygen atoms in total. The molecule has 0 aliphatic carbocycles. The van der Waals surface area contributed by atoms with Gasteiger partial charge in [0, 0.05) is 19.5 Å². The lowest BCUT2D eigenvalue weighted by Crippen LogP contribution is -2.43. The summed E-state index contributed by atoms with van der Waals surface area (Å²) in [6, 6.07) is 15.9. The Morgan fingerprint density at radius 1 is 1.00 bits per heavy atom. The molecule has 0 atom stereocenters. The molecule has 12 heteroatoms. The molecule has 0 unspecified atom stereocenters. The van der Waals surface area contributed by atoms with Crippen LogP contribution in [-0.4, -0.2) is 43.7 Å². The van der Waals surface area contributed by atoms with Crippen molar-refractivity contribution in [3.63, 3.8) is 0 Å². The first kappa shape index (κ1) is 30.5. The molecule has 0 amide bonds. The third-order valence-electron chi connectivity index (χ3n) is 6.10. The van der Waals surface area contributed by atoms with Gasteiger partial charge in [-0.15, -0.1) is 5.10 Å². The fraction of sp³-hybridized carbons (Fsp3) is 0.429. The molecule has 0 spiro atoms. The third kappa shape index (κ3) is 8.99. The van der Waals surface area contributed by atoms with Crippen molar-refractivity contribution in [1.29, 1.82) is 0 Å². The zero-order valence-electron chi connectivity index (χ0n) is 22.4. The molecule has 40 heavy (non-hydrogen) atoms. The van der Waals surface area contributed by atoms with Gasteiger partial charge >= 0.3 is 17.8 Å². The van der Waals surface area contributed by atoms with Crippen molar-refractivity contribution in [2.24, 2.45) is 0 Å². The second kappa shape index (κ2) is 13.3. The lowest BCUT2D eigenvalue weighted by atomic mass is 10.1. The average molecular weight is 563 g/mol. The summed E-state index contributed by atoms with van der Waals surface area (Å²) in [5, 5.41) is 16.2. The van der Waals surface area contributed by atoms with E-state index in [2.05, 4.69) is 10.4 Å². The summed E-state index contributed by atoms with van der Waals surface area (Å²) in [4.78, 5) is 37.3. The summed E-state index contributed by atoms with van der Waals surface area (Å²) < 4.78 is 45.4. The van der Waals surface area contributed by atoms with Crippen LogP contribution in [0.15, 0.2) is 64.2 Å². The SMILES string of the molecule is CC(C)(Oc1cccc(CCCCNc2nn(CCCC(F)(F)F)c(=O)n(Cc3ccccc3)c2=O)c1)C(=O)O.